The van der Waals surface area contributed by atoms with Gasteiger partial charge in [-0.05, 0) is 49.2 Å². The molecular weight excluding hydrogens is 480 g/mol. The summed E-state index contributed by atoms with van der Waals surface area (Å²) in [5, 5.41) is 2.92. The average Bonchev–Trinajstić information content (AvgIpc) is 3.28. The molecule has 1 amide bonds. The normalized spacial score (nSPS) is 13.4. The van der Waals surface area contributed by atoms with Gasteiger partial charge in [0.2, 0.25) is 22.7 Å². The van der Waals surface area contributed by atoms with Crippen LogP contribution in [0, 0.1) is 0 Å². The molecule has 1 aliphatic rings. The van der Waals surface area contributed by atoms with Gasteiger partial charge in [-0.25, -0.2) is 8.42 Å². The minimum atomic E-state index is -4.08. The lowest BCUT2D eigenvalue weighted by atomic mass is 10.1. The number of amides is 1. The monoisotopic (exact) mass is 502 g/mol. The van der Waals surface area contributed by atoms with E-state index >= 15 is 0 Å². The number of halogens is 1. The Balaban J connectivity index is 1.57. The molecule has 0 bridgehead atoms. The Kier molecular flexibility index (Phi) is 7.26. The van der Waals surface area contributed by atoms with Crippen LogP contribution in [0.5, 0.6) is 17.2 Å². The number of benzene rings is 3. The van der Waals surface area contributed by atoms with Crippen LogP contribution >= 0.6 is 11.6 Å². The summed E-state index contributed by atoms with van der Waals surface area (Å²) in [5.74, 6) is 0.932. The summed E-state index contributed by atoms with van der Waals surface area (Å²) in [6, 6.07) is 17.2. The molecule has 3 aromatic rings. The second-order valence-corrected chi connectivity index (χ2v) is 9.57. The molecule has 0 fully saturated rings. The summed E-state index contributed by atoms with van der Waals surface area (Å²) in [6.45, 7) is 2.30. The Morgan fingerprint density at radius 3 is 2.56 bits per heavy atom. The van der Waals surface area contributed by atoms with Crippen molar-refractivity contribution in [1.29, 1.82) is 0 Å². The van der Waals surface area contributed by atoms with Crippen molar-refractivity contribution >= 4 is 33.2 Å². The van der Waals surface area contributed by atoms with E-state index in [4.69, 9.17) is 25.8 Å². The standard InChI is InChI=1S/C24H23ClN2O6S/c1-2-31-21-11-9-18(14-19(21)25)34(29,30)27-20(12-16-6-4-3-5-7-16)24(28)26-17-8-10-22-23(13-17)33-15-32-22/h3-11,13-14,20,27H,2,12,15H2,1H3,(H,26,28)/t20-/m1/s1. The van der Waals surface area contributed by atoms with Crippen LogP contribution < -0.4 is 24.2 Å². The maximum Gasteiger partial charge on any atom is 0.242 e. The second-order valence-electron chi connectivity index (χ2n) is 7.45. The Morgan fingerprint density at radius 1 is 1.06 bits per heavy atom. The van der Waals surface area contributed by atoms with E-state index in [1.165, 1.54) is 18.2 Å². The fourth-order valence-corrected chi connectivity index (χ4v) is 4.94. The van der Waals surface area contributed by atoms with Gasteiger partial charge in [-0.2, -0.15) is 4.72 Å². The van der Waals surface area contributed by atoms with Gasteiger partial charge in [0, 0.05) is 11.8 Å². The average molecular weight is 503 g/mol. The molecule has 4 rings (SSSR count). The van der Waals surface area contributed by atoms with Gasteiger partial charge in [-0.15, -0.1) is 0 Å². The maximum absolute atomic E-state index is 13.2. The van der Waals surface area contributed by atoms with E-state index in [-0.39, 0.29) is 23.1 Å². The Bertz CT molecular complexity index is 1280. The number of hydrogen-bond acceptors (Lipinski definition) is 6. The van der Waals surface area contributed by atoms with Gasteiger partial charge >= 0.3 is 0 Å². The van der Waals surface area contributed by atoms with Crippen LogP contribution in [0.2, 0.25) is 5.02 Å². The first kappa shape index (κ1) is 23.9. The van der Waals surface area contributed by atoms with Crippen LogP contribution in [-0.2, 0) is 21.2 Å². The fourth-order valence-electron chi connectivity index (χ4n) is 3.42. The summed E-state index contributed by atoms with van der Waals surface area (Å²) in [7, 11) is -4.08. The van der Waals surface area contributed by atoms with E-state index in [2.05, 4.69) is 10.0 Å². The van der Waals surface area contributed by atoms with E-state index in [1.807, 2.05) is 30.3 Å². The van der Waals surface area contributed by atoms with Crippen LogP contribution in [0.15, 0.2) is 71.6 Å². The zero-order valence-electron chi connectivity index (χ0n) is 18.3. The van der Waals surface area contributed by atoms with Crippen molar-refractivity contribution in [3.63, 3.8) is 0 Å². The van der Waals surface area contributed by atoms with Crippen molar-refractivity contribution in [2.24, 2.45) is 0 Å². The van der Waals surface area contributed by atoms with E-state index < -0.39 is 22.0 Å². The minimum Gasteiger partial charge on any atom is -0.492 e. The molecule has 178 valence electrons. The van der Waals surface area contributed by atoms with Crippen LogP contribution in [0.4, 0.5) is 5.69 Å². The molecule has 1 heterocycles. The highest BCUT2D eigenvalue weighted by molar-refractivity contribution is 7.89. The van der Waals surface area contributed by atoms with E-state index in [1.54, 1.807) is 25.1 Å². The SMILES string of the molecule is CCOc1ccc(S(=O)(=O)N[C@H](Cc2ccccc2)C(=O)Nc2ccc3c(c2)OCO3)cc1Cl. The highest BCUT2D eigenvalue weighted by Gasteiger charge is 2.27. The van der Waals surface area contributed by atoms with Crippen molar-refractivity contribution in [3.8, 4) is 17.2 Å². The number of sulfonamides is 1. The molecule has 0 radical (unpaired) electrons. The molecule has 1 atom stereocenters. The third kappa shape index (κ3) is 5.61. The summed E-state index contributed by atoms with van der Waals surface area (Å²) < 4.78 is 44.8. The molecule has 1 aliphatic heterocycles. The zero-order valence-corrected chi connectivity index (χ0v) is 19.9. The van der Waals surface area contributed by atoms with E-state index in [0.717, 1.165) is 5.56 Å². The van der Waals surface area contributed by atoms with E-state index in [9.17, 15) is 13.2 Å². The highest BCUT2D eigenvalue weighted by Crippen LogP contribution is 2.34. The number of hydrogen-bond donors (Lipinski definition) is 2. The first-order valence-electron chi connectivity index (χ1n) is 10.5. The lowest BCUT2D eigenvalue weighted by Gasteiger charge is -2.19. The lowest BCUT2D eigenvalue weighted by Crippen LogP contribution is -2.45. The molecule has 34 heavy (non-hydrogen) atoms. The summed E-state index contributed by atoms with van der Waals surface area (Å²) in [6.07, 6.45) is 0.140. The molecule has 0 unspecified atom stereocenters. The molecule has 8 nitrogen and oxygen atoms in total. The van der Waals surface area contributed by atoms with E-state index in [0.29, 0.717) is 29.5 Å². The van der Waals surface area contributed by atoms with Crippen LogP contribution in [0.25, 0.3) is 0 Å². The smallest absolute Gasteiger partial charge is 0.242 e. The molecule has 0 spiro atoms. The predicted octanol–water partition coefficient (Wildman–Crippen LogP) is 4.00. The lowest BCUT2D eigenvalue weighted by molar-refractivity contribution is -0.117. The van der Waals surface area contributed by atoms with Gasteiger partial charge in [-0.3, -0.25) is 4.79 Å². The quantitative estimate of drug-likeness (QED) is 0.458. The fraction of sp³-hybridized carbons (Fsp3) is 0.208. The third-order valence-electron chi connectivity index (χ3n) is 5.05. The first-order chi connectivity index (χ1) is 16.4. The number of nitrogens with one attached hydrogen (secondary N) is 2. The molecule has 3 aromatic carbocycles. The van der Waals surface area contributed by atoms with Crippen molar-refractivity contribution in [2.45, 2.75) is 24.3 Å². The Hall–Kier alpha value is -3.27. The topological polar surface area (TPSA) is 103 Å². The highest BCUT2D eigenvalue weighted by atomic mass is 35.5. The molecule has 0 saturated carbocycles. The summed E-state index contributed by atoms with van der Waals surface area (Å²) in [4.78, 5) is 13.1. The van der Waals surface area contributed by atoms with Crippen molar-refractivity contribution in [2.75, 3.05) is 18.7 Å². The van der Waals surface area contributed by atoms with Crippen LogP contribution in [0.1, 0.15) is 12.5 Å². The van der Waals surface area contributed by atoms with Crippen LogP contribution in [-0.4, -0.2) is 33.8 Å². The number of ether oxygens (including phenoxy) is 3. The number of anilines is 1. The van der Waals surface area contributed by atoms with Gasteiger partial charge in [0.25, 0.3) is 0 Å². The van der Waals surface area contributed by atoms with Crippen molar-refractivity contribution in [3.05, 3.63) is 77.3 Å². The number of fused-ring (bicyclic) bond motifs is 1. The third-order valence-corrected chi connectivity index (χ3v) is 6.81. The molecule has 0 aromatic heterocycles. The summed E-state index contributed by atoms with van der Waals surface area (Å²) >= 11 is 6.18. The Labute approximate surface area is 202 Å². The van der Waals surface area contributed by atoms with Crippen LogP contribution in [0.3, 0.4) is 0 Å². The molecule has 0 saturated heterocycles. The number of carbonyl (C=O) groups excluding carboxylic acids is 1. The summed E-state index contributed by atoms with van der Waals surface area (Å²) in [5.41, 5.74) is 1.25. The van der Waals surface area contributed by atoms with Gasteiger partial charge < -0.3 is 19.5 Å². The molecule has 0 aliphatic carbocycles. The maximum atomic E-state index is 13.2. The second kappa shape index (κ2) is 10.3. The number of rotatable bonds is 9. The van der Waals surface area contributed by atoms with Gasteiger partial charge in [-0.1, -0.05) is 41.9 Å². The molecule has 10 heteroatoms. The van der Waals surface area contributed by atoms with Gasteiger partial charge in [0.05, 0.1) is 16.5 Å². The van der Waals surface area contributed by atoms with Crippen molar-refractivity contribution in [1.82, 2.24) is 4.72 Å². The molecule has 2 N–H and O–H groups in total. The minimum absolute atomic E-state index is 0.0742. The van der Waals surface area contributed by atoms with Gasteiger partial charge in [0.15, 0.2) is 11.5 Å². The first-order valence-corrected chi connectivity index (χ1v) is 12.4. The van der Waals surface area contributed by atoms with Gasteiger partial charge in [0.1, 0.15) is 11.8 Å². The largest absolute Gasteiger partial charge is 0.492 e. The number of carbonyl (C=O) groups is 1. The zero-order chi connectivity index (χ0) is 24.1. The molecular formula is C24H23ClN2O6S. The Morgan fingerprint density at radius 2 is 1.82 bits per heavy atom. The van der Waals surface area contributed by atoms with Crippen molar-refractivity contribution < 1.29 is 27.4 Å². The predicted molar refractivity (Wildman–Crippen MR) is 128 cm³/mol.